The summed E-state index contributed by atoms with van der Waals surface area (Å²) < 4.78 is 18.8. The van der Waals surface area contributed by atoms with Gasteiger partial charge in [0.05, 0.1) is 24.5 Å². The third-order valence-electron chi connectivity index (χ3n) is 3.40. The minimum absolute atomic E-state index is 0.309. The van der Waals surface area contributed by atoms with E-state index in [1.807, 2.05) is 20.8 Å². The molecule has 0 saturated carbocycles. The summed E-state index contributed by atoms with van der Waals surface area (Å²) in [4.78, 5) is 13.7. The van der Waals surface area contributed by atoms with Gasteiger partial charge >= 0.3 is 6.09 Å². The lowest BCUT2D eigenvalue weighted by molar-refractivity contribution is 0.0240. The quantitative estimate of drug-likeness (QED) is 0.877. The summed E-state index contributed by atoms with van der Waals surface area (Å²) in [7, 11) is 0. The zero-order valence-corrected chi connectivity index (χ0v) is 12.8. The van der Waals surface area contributed by atoms with Gasteiger partial charge in [-0.1, -0.05) is 12.1 Å². The first-order valence-corrected chi connectivity index (χ1v) is 7.13. The molecule has 1 aromatic carbocycles. The van der Waals surface area contributed by atoms with Gasteiger partial charge in [-0.05, 0) is 32.9 Å². The Morgan fingerprint density at radius 2 is 2.14 bits per heavy atom. The van der Waals surface area contributed by atoms with E-state index in [4.69, 9.17) is 4.74 Å². The van der Waals surface area contributed by atoms with Crippen LogP contribution in [0.4, 0.5) is 9.18 Å². The number of aromatic nitrogens is 2. The number of nitrogens with zero attached hydrogens (tertiary/aromatic N) is 2. The molecule has 1 aliphatic rings. The molecule has 116 valence electrons. The van der Waals surface area contributed by atoms with Gasteiger partial charge in [0.25, 0.3) is 0 Å². The molecule has 2 heterocycles. The van der Waals surface area contributed by atoms with E-state index in [9.17, 15) is 9.18 Å². The summed E-state index contributed by atoms with van der Waals surface area (Å²) >= 11 is 0. The van der Waals surface area contributed by atoms with Gasteiger partial charge in [-0.25, -0.2) is 9.18 Å². The zero-order chi connectivity index (χ0) is 15.9. The van der Waals surface area contributed by atoms with E-state index in [0.717, 1.165) is 11.3 Å². The summed E-state index contributed by atoms with van der Waals surface area (Å²) in [5, 5.41) is 7.18. The molecular formula is C16H18FN3O2. The van der Waals surface area contributed by atoms with Crippen LogP contribution in [-0.4, -0.2) is 26.8 Å². The maximum atomic E-state index is 13.4. The van der Waals surface area contributed by atoms with E-state index in [2.05, 4.69) is 10.2 Å². The molecule has 1 aromatic heterocycles. The Bertz CT molecular complexity index is 718. The molecule has 0 atom stereocenters. The number of carbonyl (C=O) groups excluding carboxylic acids is 1. The number of aromatic amines is 1. The van der Waals surface area contributed by atoms with Crippen molar-refractivity contribution in [2.45, 2.75) is 39.5 Å². The zero-order valence-electron chi connectivity index (χ0n) is 12.8. The lowest BCUT2D eigenvalue weighted by atomic mass is 10.1. The fourth-order valence-electron chi connectivity index (χ4n) is 2.47. The van der Waals surface area contributed by atoms with E-state index in [0.29, 0.717) is 24.3 Å². The molecule has 0 bridgehead atoms. The Hall–Kier alpha value is -2.37. The Labute approximate surface area is 128 Å². The maximum Gasteiger partial charge on any atom is 0.410 e. The number of carbonyl (C=O) groups is 1. The van der Waals surface area contributed by atoms with Crippen LogP contribution in [0.15, 0.2) is 24.3 Å². The number of H-pyrrole nitrogens is 1. The summed E-state index contributed by atoms with van der Waals surface area (Å²) in [6, 6.07) is 6.28. The molecule has 0 radical (unpaired) electrons. The Kier molecular flexibility index (Phi) is 3.39. The molecule has 5 nitrogen and oxygen atoms in total. The minimum atomic E-state index is -0.531. The average molecular weight is 303 g/mol. The number of ether oxygens (including phenoxy) is 1. The third kappa shape index (κ3) is 2.81. The molecule has 0 saturated heterocycles. The number of hydrogen-bond acceptors (Lipinski definition) is 3. The highest BCUT2D eigenvalue weighted by Crippen LogP contribution is 2.31. The van der Waals surface area contributed by atoms with E-state index >= 15 is 0 Å². The van der Waals surface area contributed by atoms with Crippen molar-refractivity contribution in [2.75, 3.05) is 0 Å². The molecule has 1 aliphatic heterocycles. The SMILES string of the molecule is CC(C)(C)OC(=O)N1Cc2[nH]nc(-c3cccc(F)c3)c2C1. The monoisotopic (exact) mass is 303 g/mol. The molecule has 0 unspecified atom stereocenters. The number of nitrogens with one attached hydrogen (secondary N) is 1. The molecular weight excluding hydrogens is 285 g/mol. The van der Waals surface area contributed by atoms with Crippen LogP contribution in [0.25, 0.3) is 11.3 Å². The number of rotatable bonds is 1. The first kappa shape index (κ1) is 14.6. The fourth-order valence-corrected chi connectivity index (χ4v) is 2.47. The summed E-state index contributed by atoms with van der Waals surface area (Å²) in [5.41, 5.74) is 2.63. The van der Waals surface area contributed by atoms with Crippen molar-refractivity contribution in [3.8, 4) is 11.3 Å². The summed E-state index contributed by atoms with van der Waals surface area (Å²) in [5.74, 6) is -0.309. The van der Waals surface area contributed by atoms with Gasteiger partial charge in [0, 0.05) is 11.1 Å². The molecule has 3 rings (SSSR count). The van der Waals surface area contributed by atoms with Gasteiger partial charge in [0.15, 0.2) is 0 Å². The number of hydrogen-bond donors (Lipinski definition) is 1. The van der Waals surface area contributed by atoms with Crippen molar-refractivity contribution in [1.29, 1.82) is 0 Å². The first-order valence-electron chi connectivity index (χ1n) is 7.13. The average Bonchev–Trinajstić information content (AvgIpc) is 2.95. The normalized spacial score (nSPS) is 14.1. The van der Waals surface area contributed by atoms with Crippen molar-refractivity contribution in [3.05, 3.63) is 41.3 Å². The van der Waals surface area contributed by atoms with Crippen molar-refractivity contribution in [3.63, 3.8) is 0 Å². The number of amides is 1. The number of fused-ring (bicyclic) bond motifs is 1. The van der Waals surface area contributed by atoms with E-state index in [1.165, 1.54) is 12.1 Å². The molecule has 0 spiro atoms. The molecule has 6 heteroatoms. The van der Waals surface area contributed by atoms with Gasteiger partial charge in [0.1, 0.15) is 11.4 Å². The van der Waals surface area contributed by atoms with E-state index < -0.39 is 5.60 Å². The molecule has 1 amide bonds. The van der Waals surface area contributed by atoms with Gasteiger partial charge < -0.3 is 4.74 Å². The third-order valence-corrected chi connectivity index (χ3v) is 3.40. The second-order valence-corrected chi connectivity index (χ2v) is 6.38. The van der Waals surface area contributed by atoms with Crippen LogP contribution in [0.5, 0.6) is 0 Å². The Morgan fingerprint density at radius 3 is 2.82 bits per heavy atom. The Balaban J connectivity index is 1.82. The van der Waals surface area contributed by atoms with Gasteiger partial charge in [0.2, 0.25) is 0 Å². The lowest BCUT2D eigenvalue weighted by Gasteiger charge is -2.24. The predicted molar refractivity (Wildman–Crippen MR) is 79.5 cm³/mol. The highest BCUT2D eigenvalue weighted by Gasteiger charge is 2.31. The van der Waals surface area contributed by atoms with Crippen LogP contribution in [0.1, 0.15) is 32.0 Å². The maximum absolute atomic E-state index is 13.4. The van der Waals surface area contributed by atoms with E-state index in [1.54, 1.807) is 17.0 Å². The van der Waals surface area contributed by atoms with Crippen LogP contribution in [0.3, 0.4) is 0 Å². The second-order valence-electron chi connectivity index (χ2n) is 6.38. The summed E-state index contributed by atoms with van der Waals surface area (Å²) in [6.45, 7) is 6.33. The largest absolute Gasteiger partial charge is 0.444 e. The number of benzene rings is 1. The van der Waals surface area contributed by atoms with Crippen LogP contribution in [-0.2, 0) is 17.8 Å². The van der Waals surface area contributed by atoms with Crippen LogP contribution >= 0.6 is 0 Å². The van der Waals surface area contributed by atoms with Crippen molar-refractivity contribution in [1.82, 2.24) is 15.1 Å². The van der Waals surface area contributed by atoms with Crippen LogP contribution in [0.2, 0.25) is 0 Å². The topological polar surface area (TPSA) is 58.2 Å². The van der Waals surface area contributed by atoms with Gasteiger partial charge in [-0.2, -0.15) is 5.10 Å². The smallest absolute Gasteiger partial charge is 0.410 e. The molecule has 2 aromatic rings. The highest BCUT2D eigenvalue weighted by molar-refractivity contribution is 5.71. The van der Waals surface area contributed by atoms with Crippen molar-refractivity contribution in [2.24, 2.45) is 0 Å². The minimum Gasteiger partial charge on any atom is -0.444 e. The molecule has 1 N–H and O–H groups in total. The highest BCUT2D eigenvalue weighted by atomic mass is 19.1. The van der Waals surface area contributed by atoms with Crippen LogP contribution < -0.4 is 0 Å². The lowest BCUT2D eigenvalue weighted by Crippen LogP contribution is -2.33. The molecule has 0 aliphatic carbocycles. The van der Waals surface area contributed by atoms with Gasteiger partial charge in [-0.3, -0.25) is 10.00 Å². The van der Waals surface area contributed by atoms with Gasteiger partial charge in [-0.15, -0.1) is 0 Å². The fraction of sp³-hybridized carbons (Fsp3) is 0.375. The molecule has 0 fully saturated rings. The van der Waals surface area contributed by atoms with Crippen molar-refractivity contribution < 1.29 is 13.9 Å². The second kappa shape index (κ2) is 5.12. The number of halogens is 1. The van der Waals surface area contributed by atoms with E-state index in [-0.39, 0.29) is 11.9 Å². The molecule has 22 heavy (non-hydrogen) atoms. The standard InChI is InChI=1S/C16H18FN3O2/c1-16(2,3)22-15(21)20-8-12-13(9-20)18-19-14(12)10-5-4-6-11(17)7-10/h4-7H,8-9H2,1-3H3,(H,18,19). The Morgan fingerprint density at radius 1 is 1.36 bits per heavy atom. The summed E-state index contributed by atoms with van der Waals surface area (Å²) in [6.07, 6.45) is -0.359. The first-order chi connectivity index (χ1) is 10.3. The predicted octanol–water partition coefficient (Wildman–Crippen LogP) is 3.47. The van der Waals surface area contributed by atoms with Crippen LogP contribution in [0, 0.1) is 5.82 Å². The van der Waals surface area contributed by atoms with Crippen molar-refractivity contribution >= 4 is 6.09 Å².